The molecule has 0 fully saturated rings. The van der Waals surface area contributed by atoms with E-state index in [1.54, 1.807) is 0 Å². The van der Waals surface area contributed by atoms with Crippen LogP contribution in [0.4, 0.5) is 13.2 Å². The van der Waals surface area contributed by atoms with Crippen LogP contribution in [0, 0.1) is 5.82 Å². The second-order valence-electron chi connectivity index (χ2n) is 2.87. The van der Waals surface area contributed by atoms with Gasteiger partial charge in [-0.1, -0.05) is 17.7 Å². The van der Waals surface area contributed by atoms with Crippen LogP contribution in [0.15, 0.2) is 18.2 Å². The van der Waals surface area contributed by atoms with Crippen molar-refractivity contribution in [2.75, 3.05) is 0 Å². The number of nitrogens with two attached hydrogens (primary N) is 1. The summed E-state index contributed by atoms with van der Waals surface area (Å²) >= 11 is 5.64. The van der Waals surface area contributed by atoms with Crippen LogP contribution in [0.3, 0.4) is 0 Å². The van der Waals surface area contributed by atoms with Crippen LogP contribution in [0.2, 0.25) is 5.02 Å². The lowest BCUT2D eigenvalue weighted by Crippen LogP contribution is -2.16. The van der Waals surface area contributed by atoms with Crippen LogP contribution in [-0.2, 0) is 0 Å². The Labute approximate surface area is 84.7 Å². The minimum atomic E-state index is -2.57. The van der Waals surface area contributed by atoms with Crippen LogP contribution in [0.1, 0.15) is 18.0 Å². The fourth-order valence-corrected chi connectivity index (χ4v) is 1.48. The molecule has 0 aliphatic rings. The largest absolute Gasteiger partial charge is 0.324 e. The SMILES string of the molecule is N[C@@H](CC(F)F)c1c(F)cccc1Cl. The Hall–Kier alpha value is -0.740. The summed E-state index contributed by atoms with van der Waals surface area (Å²) in [6.45, 7) is 0. The van der Waals surface area contributed by atoms with E-state index in [1.807, 2.05) is 0 Å². The Kier molecular flexibility index (Phi) is 3.77. The summed E-state index contributed by atoms with van der Waals surface area (Å²) in [7, 11) is 0. The molecule has 1 atom stereocenters. The summed E-state index contributed by atoms with van der Waals surface area (Å²) < 4.78 is 37.1. The van der Waals surface area contributed by atoms with E-state index in [9.17, 15) is 13.2 Å². The van der Waals surface area contributed by atoms with E-state index in [1.165, 1.54) is 12.1 Å². The van der Waals surface area contributed by atoms with E-state index in [0.717, 1.165) is 6.07 Å². The van der Waals surface area contributed by atoms with Gasteiger partial charge in [0.2, 0.25) is 6.43 Å². The molecule has 0 bridgehead atoms. The molecule has 0 aliphatic heterocycles. The molecule has 1 nitrogen and oxygen atoms in total. The zero-order valence-electron chi connectivity index (χ0n) is 7.18. The summed E-state index contributed by atoms with van der Waals surface area (Å²) in [5.41, 5.74) is 5.35. The number of hydrogen-bond donors (Lipinski definition) is 1. The molecule has 2 N–H and O–H groups in total. The third-order valence-corrected chi connectivity index (χ3v) is 2.13. The smallest absolute Gasteiger partial charge is 0.240 e. The van der Waals surface area contributed by atoms with E-state index in [0.29, 0.717) is 0 Å². The average Bonchev–Trinajstić information content (AvgIpc) is 2.01. The van der Waals surface area contributed by atoms with Crippen molar-refractivity contribution in [3.8, 4) is 0 Å². The highest BCUT2D eigenvalue weighted by atomic mass is 35.5. The van der Waals surface area contributed by atoms with Gasteiger partial charge in [-0.3, -0.25) is 0 Å². The fraction of sp³-hybridized carbons (Fsp3) is 0.333. The third kappa shape index (κ3) is 2.62. The molecule has 1 rings (SSSR count). The Balaban J connectivity index is 2.94. The van der Waals surface area contributed by atoms with E-state index in [-0.39, 0.29) is 10.6 Å². The maximum absolute atomic E-state index is 13.1. The Bertz CT molecular complexity index is 297. The molecule has 0 saturated carbocycles. The highest BCUT2D eigenvalue weighted by Crippen LogP contribution is 2.27. The van der Waals surface area contributed by atoms with Crippen molar-refractivity contribution in [1.82, 2.24) is 0 Å². The first-order valence-electron chi connectivity index (χ1n) is 4.00. The van der Waals surface area contributed by atoms with Gasteiger partial charge in [0, 0.05) is 23.0 Å². The molecule has 0 saturated heterocycles. The van der Waals surface area contributed by atoms with Gasteiger partial charge in [-0.05, 0) is 12.1 Å². The molecule has 5 heteroatoms. The topological polar surface area (TPSA) is 26.0 Å². The predicted molar refractivity (Wildman–Crippen MR) is 49.0 cm³/mol. The normalized spacial score (nSPS) is 13.3. The highest BCUT2D eigenvalue weighted by Gasteiger charge is 2.18. The van der Waals surface area contributed by atoms with Gasteiger partial charge in [0.1, 0.15) is 5.82 Å². The van der Waals surface area contributed by atoms with Gasteiger partial charge < -0.3 is 5.73 Å². The summed E-state index contributed by atoms with van der Waals surface area (Å²) in [4.78, 5) is 0. The van der Waals surface area contributed by atoms with Crippen LogP contribution in [0.25, 0.3) is 0 Å². The van der Waals surface area contributed by atoms with Crippen molar-refractivity contribution in [2.45, 2.75) is 18.9 Å². The first-order chi connectivity index (χ1) is 6.52. The minimum Gasteiger partial charge on any atom is -0.324 e. The summed E-state index contributed by atoms with van der Waals surface area (Å²) in [5.74, 6) is -0.648. The van der Waals surface area contributed by atoms with E-state index in [4.69, 9.17) is 17.3 Å². The van der Waals surface area contributed by atoms with E-state index < -0.39 is 24.7 Å². The van der Waals surface area contributed by atoms with Crippen LogP contribution < -0.4 is 5.73 Å². The van der Waals surface area contributed by atoms with Gasteiger partial charge in [-0.2, -0.15) is 0 Å². The van der Waals surface area contributed by atoms with Gasteiger partial charge in [0.15, 0.2) is 0 Å². The molecule has 0 heterocycles. The number of alkyl halides is 2. The minimum absolute atomic E-state index is 0.0468. The molecule has 14 heavy (non-hydrogen) atoms. The molecule has 0 radical (unpaired) electrons. The molecule has 0 unspecified atom stereocenters. The van der Waals surface area contributed by atoms with E-state index >= 15 is 0 Å². The lowest BCUT2D eigenvalue weighted by molar-refractivity contribution is 0.128. The maximum Gasteiger partial charge on any atom is 0.240 e. The standard InChI is InChI=1S/C9H9ClF3N/c10-5-2-1-3-6(11)9(5)7(14)4-8(12)13/h1-3,7-8H,4,14H2/t7-/m0/s1. The molecule has 0 aromatic heterocycles. The van der Waals surface area contributed by atoms with Crippen LogP contribution in [-0.4, -0.2) is 6.43 Å². The van der Waals surface area contributed by atoms with Crippen molar-refractivity contribution < 1.29 is 13.2 Å². The van der Waals surface area contributed by atoms with Gasteiger partial charge in [-0.25, -0.2) is 13.2 Å². The number of benzene rings is 1. The van der Waals surface area contributed by atoms with Crippen molar-refractivity contribution >= 4 is 11.6 Å². The van der Waals surface area contributed by atoms with Crippen molar-refractivity contribution in [3.05, 3.63) is 34.6 Å². The Morgan fingerprint density at radius 3 is 2.50 bits per heavy atom. The number of halogens is 4. The number of hydrogen-bond acceptors (Lipinski definition) is 1. The maximum atomic E-state index is 13.1. The molecule has 78 valence electrons. The fourth-order valence-electron chi connectivity index (χ4n) is 1.17. The molecule has 0 amide bonds. The van der Waals surface area contributed by atoms with Gasteiger partial charge in [-0.15, -0.1) is 0 Å². The first kappa shape index (κ1) is 11.3. The summed E-state index contributed by atoms with van der Waals surface area (Å²) in [6, 6.07) is 2.90. The third-order valence-electron chi connectivity index (χ3n) is 1.80. The predicted octanol–water partition coefficient (Wildman–Crippen LogP) is 3.13. The Morgan fingerprint density at radius 1 is 1.36 bits per heavy atom. The van der Waals surface area contributed by atoms with Gasteiger partial charge in [0.25, 0.3) is 0 Å². The second kappa shape index (κ2) is 4.66. The Morgan fingerprint density at radius 2 is 2.00 bits per heavy atom. The van der Waals surface area contributed by atoms with Crippen molar-refractivity contribution in [3.63, 3.8) is 0 Å². The average molecular weight is 224 g/mol. The first-order valence-corrected chi connectivity index (χ1v) is 4.37. The second-order valence-corrected chi connectivity index (χ2v) is 3.28. The summed E-state index contributed by atoms with van der Waals surface area (Å²) in [6.07, 6.45) is -3.17. The monoisotopic (exact) mass is 223 g/mol. The zero-order valence-corrected chi connectivity index (χ0v) is 7.94. The van der Waals surface area contributed by atoms with Gasteiger partial charge in [0.05, 0.1) is 0 Å². The van der Waals surface area contributed by atoms with Crippen LogP contribution in [0.5, 0.6) is 0 Å². The lowest BCUT2D eigenvalue weighted by atomic mass is 10.0. The quantitative estimate of drug-likeness (QED) is 0.837. The highest BCUT2D eigenvalue weighted by molar-refractivity contribution is 6.31. The van der Waals surface area contributed by atoms with E-state index in [2.05, 4.69) is 0 Å². The zero-order chi connectivity index (χ0) is 10.7. The molecule has 0 aliphatic carbocycles. The molecule has 1 aromatic rings. The molecular weight excluding hydrogens is 215 g/mol. The molecular formula is C9H9ClF3N. The van der Waals surface area contributed by atoms with Crippen molar-refractivity contribution in [2.24, 2.45) is 5.73 Å². The van der Waals surface area contributed by atoms with Crippen molar-refractivity contribution in [1.29, 1.82) is 0 Å². The number of rotatable bonds is 3. The van der Waals surface area contributed by atoms with Crippen LogP contribution >= 0.6 is 11.6 Å². The summed E-state index contributed by atoms with van der Waals surface area (Å²) in [5, 5.41) is 0.0816. The molecule has 1 aromatic carbocycles. The van der Waals surface area contributed by atoms with Gasteiger partial charge >= 0.3 is 0 Å². The molecule has 0 spiro atoms. The lowest BCUT2D eigenvalue weighted by Gasteiger charge is -2.13.